The van der Waals surface area contributed by atoms with Crippen molar-refractivity contribution in [3.63, 3.8) is 0 Å². The lowest BCUT2D eigenvalue weighted by molar-refractivity contribution is 0.483. The van der Waals surface area contributed by atoms with E-state index in [9.17, 15) is 0 Å². The van der Waals surface area contributed by atoms with Gasteiger partial charge < -0.3 is 9.80 Å². The first-order valence-electron chi connectivity index (χ1n) is 12.6. The van der Waals surface area contributed by atoms with Gasteiger partial charge in [0.2, 0.25) is 0 Å². The molecule has 0 spiro atoms. The van der Waals surface area contributed by atoms with E-state index in [4.69, 9.17) is 0 Å². The lowest BCUT2D eigenvalue weighted by Gasteiger charge is -2.41. The molecule has 0 saturated carbocycles. The molecule has 2 heterocycles. The fourth-order valence-corrected chi connectivity index (χ4v) is 4.10. The van der Waals surface area contributed by atoms with Crippen LogP contribution in [-0.4, -0.2) is 17.6 Å². The van der Waals surface area contributed by atoms with Crippen molar-refractivity contribution < 1.29 is 0 Å². The largest absolute Gasteiger partial charge is 0.366 e. The maximum Gasteiger partial charge on any atom is 0.0446 e. The van der Waals surface area contributed by atoms with Crippen LogP contribution in [0.25, 0.3) is 0 Å². The Bertz CT molecular complexity index is 821. The van der Waals surface area contributed by atoms with Gasteiger partial charge in [0.05, 0.1) is 0 Å². The molecule has 0 amide bonds. The van der Waals surface area contributed by atoms with Crippen LogP contribution in [0.1, 0.15) is 86.8 Å². The van der Waals surface area contributed by atoms with E-state index in [2.05, 4.69) is 112 Å². The summed E-state index contributed by atoms with van der Waals surface area (Å²) in [5.74, 6) is 0. The highest BCUT2D eigenvalue weighted by Crippen LogP contribution is 2.32. The lowest BCUT2D eigenvalue weighted by Crippen LogP contribution is -2.44. The minimum absolute atomic E-state index is 0.160. The molecule has 2 aromatic carbocycles. The number of nitrogens with zero attached hydrogens (tertiary/aromatic N) is 2. The van der Waals surface area contributed by atoms with E-state index in [0.29, 0.717) is 0 Å². The molecule has 0 atom stereocenters. The molecule has 2 nitrogen and oxygen atoms in total. The summed E-state index contributed by atoms with van der Waals surface area (Å²) in [4.78, 5) is 4.86. The molecule has 2 aromatic rings. The van der Waals surface area contributed by atoms with E-state index in [0.717, 1.165) is 6.42 Å². The van der Waals surface area contributed by atoms with E-state index in [-0.39, 0.29) is 11.1 Å². The quantitative estimate of drug-likeness (QED) is 0.407. The van der Waals surface area contributed by atoms with Gasteiger partial charge in [-0.2, -0.15) is 0 Å². The number of benzene rings is 2. The Hall–Kier alpha value is -2.22. The maximum atomic E-state index is 2.52. The molecule has 32 heavy (non-hydrogen) atoms. The topological polar surface area (TPSA) is 6.48 Å². The van der Waals surface area contributed by atoms with E-state index >= 15 is 0 Å². The zero-order valence-electron chi connectivity index (χ0n) is 22.5. The average molecular weight is 437 g/mol. The molecule has 0 N–H and O–H groups in total. The van der Waals surface area contributed by atoms with E-state index in [1.54, 1.807) is 0 Å². The summed E-state index contributed by atoms with van der Waals surface area (Å²) in [5.41, 5.74) is 6.12. The van der Waals surface area contributed by atoms with E-state index in [1.165, 1.54) is 41.9 Å². The SMILES string of the molecule is CC.CC.CC(C)(C)N1C=CCc2ccccc21.CC(C)(C)N1CCCc2ccccc21. The third-order valence-corrected chi connectivity index (χ3v) is 5.49. The Morgan fingerprint density at radius 2 is 1.19 bits per heavy atom. The van der Waals surface area contributed by atoms with E-state index < -0.39 is 0 Å². The van der Waals surface area contributed by atoms with Crippen molar-refractivity contribution in [2.45, 2.75) is 99.6 Å². The van der Waals surface area contributed by atoms with Crippen molar-refractivity contribution in [1.82, 2.24) is 0 Å². The van der Waals surface area contributed by atoms with Crippen LogP contribution < -0.4 is 9.80 Å². The van der Waals surface area contributed by atoms with E-state index in [1.807, 2.05) is 27.7 Å². The Morgan fingerprint density at radius 3 is 1.75 bits per heavy atom. The van der Waals surface area contributed by atoms with Crippen LogP contribution in [0, 0.1) is 0 Å². The highest BCUT2D eigenvalue weighted by molar-refractivity contribution is 5.60. The molecule has 0 fully saturated rings. The summed E-state index contributed by atoms with van der Waals surface area (Å²) in [6.07, 6.45) is 8.01. The van der Waals surface area contributed by atoms with Crippen molar-refractivity contribution in [2.24, 2.45) is 0 Å². The van der Waals surface area contributed by atoms with Crippen LogP contribution in [-0.2, 0) is 12.8 Å². The van der Waals surface area contributed by atoms with Gasteiger partial charge in [0, 0.05) is 35.2 Å². The second-order valence-electron chi connectivity index (χ2n) is 9.81. The van der Waals surface area contributed by atoms with Gasteiger partial charge in [0.1, 0.15) is 0 Å². The number of aryl methyl sites for hydroxylation is 1. The van der Waals surface area contributed by atoms with Gasteiger partial charge in [-0.05, 0) is 84.1 Å². The molecular formula is C30H48N2. The van der Waals surface area contributed by atoms with Gasteiger partial charge in [-0.1, -0.05) is 70.2 Å². The van der Waals surface area contributed by atoms with Gasteiger partial charge in [-0.15, -0.1) is 0 Å². The van der Waals surface area contributed by atoms with Crippen molar-refractivity contribution >= 4 is 11.4 Å². The van der Waals surface area contributed by atoms with Gasteiger partial charge >= 0.3 is 0 Å². The first kappa shape index (κ1) is 27.8. The van der Waals surface area contributed by atoms with Crippen molar-refractivity contribution in [3.8, 4) is 0 Å². The highest BCUT2D eigenvalue weighted by atomic mass is 15.2. The molecule has 0 bridgehead atoms. The second kappa shape index (κ2) is 12.7. The number of hydrogen-bond donors (Lipinski definition) is 0. The summed E-state index contributed by atoms with van der Waals surface area (Å²) >= 11 is 0. The van der Waals surface area contributed by atoms with Crippen molar-refractivity contribution in [2.75, 3.05) is 16.3 Å². The van der Waals surface area contributed by atoms with Crippen LogP contribution in [0.5, 0.6) is 0 Å². The fourth-order valence-electron chi connectivity index (χ4n) is 4.10. The van der Waals surface area contributed by atoms with Crippen molar-refractivity contribution in [1.29, 1.82) is 0 Å². The minimum Gasteiger partial charge on any atom is -0.366 e. The van der Waals surface area contributed by atoms with Gasteiger partial charge in [0.25, 0.3) is 0 Å². The zero-order valence-corrected chi connectivity index (χ0v) is 22.5. The molecule has 0 saturated heterocycles. The van der Waals surface area contributed by atoms with Crippen LogP contribution in [0.3, 0.4) is 0 Å². The highest BCUT2D eigenvalue weighted by Gasteiger charge is 2.26. The fraction of sp³-hybridized carbons (Fsp3) is 0.533. The molecule has 2 aliphatic rings. The summed E-state index contributed by atoms with van der Waals surface area (Å²) < 4.78 is 0. The third-order valence-electron chi connectivity index (χ3n) is 5.49. The summed E-state index contributed by atoms with van der Waals surface area (Å²) in [6.45, 7) is 22.8. The number of allylic oxidation sites excluding steroid dienone is 1. The molecule has 4 rings (SSSR count). The summed E-state index contributed by atoms with van der Waals surface area (Å²) in [5, 5.41) is 0. The Kier molecular flexibility index (Phi) is 11.1. The second-order valence-corrected chi connectivity index (χ2v) is 9.81. The molecule has 0 aliphatic carbocycles. The van der Waals surface area contributed by atoms with Crippen molar-refractivity contribution in [3.05, 3.63) is 71.9 Å². The number of rotatable bonds is 0. The molecule has 2 heteroatoms. The first-order chi connectivity index (χ1) is 15.2. The number of hydrogen-bond acceptors (Lipinski definition) is 2. The Balaban J connectivity index is 0.000000277. The predicted octanol–water partition coefficient (Wildman–Crippen LogP) is 8.65. The lowest BCUT2D eigenvalue weighted by atomic mass is 9.96. The van der Waals surface area contributed by atoms with Gasteiger partial charge in [-0.3, -0.25) is 0 Å². The zero-order chi connectivity index (χ0) is 24.4. The average Bonchev–Trinajstić information content (AvgIpc) is 2.80. The van der Waals surface area contributed by atoms with Crippen LogP contribution >= 0.6 is 0 Å². The molecule has 0 radical (unpaired) electrons. The minimum atomic E-state index is 0.160. The molecule has 178 valence electrons. The van der Waals surface area contributed by atoms with Crippen LogP contribution in [0.4, 0.5) is 11.4 Å². The Morgan fingerprint density at radius 1 is 0.656 bits per heavy atom. The number of anilines is 2. The predicted molar refractivity (Wildman–Crippen MR) is 146 cm³/mol. The number of fused-ring (bicyclic) bond motifs is 2. The Labute approximate surface area is 199 Å². The van der Waals surface area contributed by atoms with Crippen LogP contribution in [0.15, 0.2) is 60.8 Å². The molecule has 2 aliphatic heterocycles. The summed E-state index contributed by atoms with van der Waals surface area (Å²) in [7, 11) is 0. The van der Waals surface area contributed by atoms with Gasteiger partial charge in [-0.25, -0.2) is 0 Å². The summed E-state index contributed by atoms with van der Waals surface area (Å²) in [6, 6.07) is 17.4. The molecule has 0 unspecified atom stereocenters. The van der Waals surface area contributed by atoms with Gasteiger partial charge in [0.15, 0.2) is 0 Å². The normalized spacial score (nSPS) is 14.4. The molecular weight excluding hydrogens is 388 g/mol. The smallest absolute Gasteiger partial charge is 0.0446 e. The third kappa shape index (κ3) is 7.43. The number of para-hydroxylation sites is 2. The maximum absolute atomic E-state index is 2.52. The first-order valence-corrected chi connectivity index (χ1v) is 12.6. The van der Waals surface area contributed by atoms with Crippen LogP contribution in [0.2, 0.25) is 0 Å². The monoisotopic (exact) mass is 436 g/mol. The standard InChI is InChI=1S/C13H19N.C13H17N.2C2H6/c2*1-13(2,3)14-10-6-8-11-7-4-5-9-12(11)14;2*1-2/h4-5,7,9H,6,8,10H2,1-3H3;4-7,9-10H,8H2,1-3H3;2*1-2H3. The molecule has 0 aromatic heterocycles.